The topological polar surface area (TPSA) is 55.8 Å². The quantitative estimate of drug-likeness (QED) is 0.437. The van der Waals surface area contributed by atoms with Crippen molar-refractivity contribution in [3.8, 4) is 0 Å². The highest BCUT2D eigenvalue weighted by molar-refractivity contribution is 5.89. The fraction of sp³-hybridized carbons (Fsp3) is 0.222. The van der Waals surface area contributed by atoms with Gasteiger partial charge in [0.25, 0.3) is 0 Å². The first-order valence-corrected chi connectivity index (χ1v) is 3.71. The monoisotopic (exact) mass is 182 g/mol. The molecule has 0 amide bonds. The molecule has 4 nitrogen and oxygen atoms in total. The van der Waals surface area contributed by atoms with Gasteiger partial charge in [0.05, 0.1) is 12.7 Å². The third-order valence-corrected chi connectivity index (χ3v) is 1.61. The molecule has 0 heterocycles. The maximum Gasteiger partial charge on any atom is 0.337 e. The lowest BCUT2D eigenvalue weighted by Crippen LogP contribution is -2.00. The molecule has 0 aromatic heterocycles. The van der Waals surface area contributed by atoms with E-state index in [1.807, 2.05) is 0 Å². The standard InChI is InChI=1S/C9H10O4/c1-12-9(10)8-4-2-7(3-5-8)6-13-11/h2-5,11H,6H2,1H3. The third kappa shape index (κ3) is 2.54. The molecule has 13 heavy (non-hydrogen) atoms. The van der Waals surface area contributed by atoms with Crippen LogP contribution in [0.3, 0.4) is 0 Å². The Morgan fingerprint density at radius 2 is 2.00 bits per heavy atom. The van der Waals surface area contributed by atoms with E-state index in [0.717, 1.165) is 5.56 Å². The molecule has 1 aromatic carbocycles. The first kappa shape index (κ1) is 9.70. The molecule has 4 heteroatoms. The molecule has 0 fully saturated rings. The molecular formula is C9H10O4. The second kappa shape index (κ2) is 4.59. The lowest BCUT2D eigenvalue weighted by Gasteiger charge is -2.00. The van der Waals surface area contributed by atoms with Gasteiger partial charge in [0, 0.05) is 0 Å². The fourth-order valence-corrected chi connectivity index (χ4v) is 0.929. The molecule has 0 radical (unpaired) electrons. The van der Waals surface area contributed by atoms with Crippen LogP contribution < -0.4 is 0 Å². The molecule has 1 rings (SSSR count). The lowest BCUT2D eigenvalue weighted by molar-refractivity contribution is -0.253. The van der Waals surface area contributed by atoms with Gasteiger partial charge in [0.1, 0.15) is 6.61 Å². The summed E-state index contributed by atoms with van der Waals surface area (Å²) in [4.78, 5) is 14.9. The van der Waals surface area contributed by atoms with Crippen LogP contribution in [0.5, 0.6) is 0 Å². The average Bonchev–Trinajstić information content (AvgIpc) is 2.18. The Balaban J connectivity index is 2.75. The summed E-state index contributed by atoms with van der Waals surface area (Å²) < 4.78 is 4.52. The molecule has 0 spiro atoms. The van der Waals surface area contributed by atoms with Gasteiger partial charge in [-0.1, -0.05) is 12.1 Å². The normalized spacial score (nSPS) is 9.69. The van der Waals surface area contributed by atoms with Gasteiger partial charge < -0.3 is 4.74 Å². The zero-order chi connectivity index (χ0) is 9.68. The number of methoxy groups -OCH3 is 1. The maximum atomic E-state index is 11.0. The van der Waals surface area contributed by atoms with Gasteiger partial charge in [-0.05, 0) is 17.7 Å². The molecule has 0 saturated carbocycles. The number of hydrogen-bond donors (Lipinski definition) is 1. The van der Waals surface area contributed by atoms with E-state index in [1.54, 1.807) is 24.3 Å². The second-order valence-corrected chi connectivity index (χ2v) is 2.46. The summed E-state index contributed by atoms with van der Waals surface area (Å²) in [6, 6.07) is 6.59. The van der Waals surface area contributed by atoms with Crippen molar-refractivity contribution >= 4 is 5.97 Å². The van der Waals surface area contributed by atoms with E-state index < -0.39 is 0 Å². The Morgan fingerprint density at radius 3 is 2.46 bits per heavy atom. The summed E-state index contributed by atoms with van der Waals surface area (Å²) in [6.45, 7) is 0.113. The van der Waals surface area contributed by atoms with Crippen LogP contribution in [0.15, 0.2) is 24.3 Å². The minimum absolute atomic E-state index is 0.113. The number of carbonyl (C=O) groups excluding carboxylic acids is 1. The zero-order valence-electron chi connectivity index (χ0n) is 7.19. The lowest BCUT2D eigenvalue weighted by atomic mass is 10.1. The Labute approximate surface area is 75.6 Å². The van der Waals surface area contributed by atoms with E-state index in [1.165, 1.54) is 7.11 Å². The predicted molar refractivity (Wildman–Crippen MR) is 45.2 cm³/mol. The van der Waals surface area contributed by atoms with Gasteiger partial charge >= 0.3 is 5.97 Å². The largest absolute Gasteiger partial charge is 0.465 e. The van der Waals surface area contributed by atoms with E-state index in [4.69, 9.17) is 5.26 Å². The van der Waals surface area contributed by atoms with Crippen LogP contribution in [0, 0.1) is 0 Å². The summed E-state index contributed by atoms with van der Waals surface area (Å²) in [6.07, 6.45) is 0. The van der Waals surface area contributed by atoms with Crippen LogP contribution in [-0.2, 0) is 16.2 Å². The molecule has 0 aliphatic heterocycles. The maximum absolute atomic E-state index is 11.0. The zero-order valence-corrected chi connectivity index (χ0v) is 7.19. The molecule has 1 aromatic rings. The fourth-order valence-electron chi connectivity index (χ4n) is 0.929. The van der Waals surface area contributed by atoms with E-state index in [2.05, 4.69) is 9.62 Å². The van der Waals surface area contributed by atoms with Crippen molar-refractivity contribution in [3.63, 3.8) is 0 Å². The molecule has 0 aliphatic rings. The third-order valence-electron chi connectivity index (χ3n) is 1.61. The number of esters is 1. The molecule has 0 unspecified atom stereocenters. The first-order valence-electron chi connectivity index (χ1n) is 3.71. The van der Waals surface area contributed by atoms with Crippen molar-refractivity contribution in [2.24, 2.45) is 0 Å². The number of carbonyl (C=O) groups is 1. The Bertz CT molecular complexity index is 278. The highest BCUT2D eigenvalue weighted by atomic mass is 17.1. The molecule has 70 valence electrons. The molecule has 0 aliphatic carbocycles. The second-order valence-electron chi connectivity index (χ2n) is 2.46. The highest BCUT2D eigenvalue weighted by Crippen LogP contribution is 2.06. The van der Waals surface area contributed by atoms with Crippen molar-refractivity contribution in [2.75, 3.05) is 7.11 Å². The van der Waals surface area contributed by atoms with Crippen molar-refractivity contribution < 1.29 is 19.7 Å². The number of rotatable bonds is 3. The summed E-state index contributed by atoms with van der Waals surface area (Å²) in [7, 11) is 1.33. The van der Waals surface area contributed by atoms with Crippen LogP contribution in [0.4, 0.5) is 0 Å². The molecule has 0 atom stereocenters. The van der Waals surface area contributed by atoms with E-state index in [9.17, 15) is 4.79 Å². The Kier molecular flexibility index (Phi) is 3.42. The van der Waals surface area contributed by atoms with E-state index in [-0.39, 0.29) is 12.6 Å². The van der Waals surface area contributed by atoms with Gasteiger partial charge in [0.15, 0.2) is 0 Å². The van der Waals surface area contributed by atoms with Gasteiger partial charge in [-0.15, -0.1) is 0 Å². The number of hydrogen-bond acceptors (Lipinski definition) is 4. The Morgan fingerprint density at radius 1 is 1.38 bits per heavy atom. The summed E-state index contributed by atoms with van der Waals surface area (Å²) >= 11 is 0. The number of ether oxygens (including phenoxy) is 1. The Hall–Kier alpha value is -1.39. The minimum atomic E-state index is -0.378. The molecular weight excluding hydrogens is 172 g/mol. The van der Waals surface area contributed by atoms with Crippen LogP contribution >= 0.6 is 0 Å². The van der Waals surface area contributed by atoms with Crippen LogP contribution in [0.2, 0.25) is 0 Å². The van der Waals surface area contributed by atoms with E-state index in [0.29, 0.717) is 5.56 Å². The molecule has 0 bridgehead atoms. The smallest absolute Gasteiger partial charge is 0.337 e. The molecule has 1 N–H and O–H groups in total. The minimum Gasteiger partial charge on any atom is -0.465 e. The van der Waals surface area contributed by atoms with Gasteiger partial charge in [-0.2, -0.15) is 0 Å². The van der Waals surface area contributed by atoms with Crippen LogP contribution in [0.25, 0.3) is 0 Å². The van der Waals surface area contributed by atoms with Gasteiger partial charge in [-0.3, -0.25) is 5.26 Å². The van der Waals surface area contributed by atoms with Crippen LogP contribution in [0.1, 0.15) is 15.9 Å². The summed E-state index contributed by atoms with van der Waals surface area (Å²) in [5.74, 6) is -0.378. The predicted octanol–water partition coefficient (Wildman–Crippen LogP) is 1.46. The summed E-state index contributed by atoms with van der Waals surface area (Å²) in [5, 5.41) is 8.15. The average molecular weight is 182 g/mol. The van der Waals surface area contributed by atoms with Gasteiger partial charge in [-0.25, -0.2) is 9.68 Å². The highest BCUT2D eigenvalue weighted by Gasteiger charge is 2.03. The number of benzene rings is 1. The van der Waals surface area contributed by atoms with Crippen molar-refractivity contribution in [1.82, 2.24) is 0 Å². The van der Waals surface area contributed by atoms with Crippen molar-refractivity contribution in [2.45, 2.75) is 6.61 Å². The molecule has 0 saturated heterocycles. The first-order chi connectivity index (χ1) is 6.27. The van der Waals surface area contributed by atoms with Gasteiger partial charge in [0.2, 0.25) is 0 Å². The summed E-state index contributed by atoms with van der Waals surface area (Å²) in [5.41, 5.74) is 1.26. The SMILES string of the molecule is COC(=O)c1ccc(COO)cc1. The van der Waals surface area contributed by atoms with E-state index >= 15 is 0 Å². The van der Waals surface area contributed by atoms with Crippen LogP contribution in [-0.4, -0.2) is 18.3 Å². The van der Waals surface area contributed by atoms with Crippen molar-refractivity contribution in [3.05, 3.63) is 35.4 Å². The van der Waals surface area contributed by atoms with Crippen molar-refractivity contribution in [1.29, 1.82) is 0 Å².